The summed E-state index contributed by atoms with van der Waals surface area (Å²) in [6.45, 7) is 5.00. The van der Waals surface area contributed by atoms with E-state index in [2.05, 4.69) is 23.4 Å². The molecule has 3 unspecified atom stereocenters. The summed E-state index contributed by atoms with van der Waals surface area (Å²) >= 11 is 0. The summed E-state index contributed by atoms with van der Waals surface area (Å²) in [6.07, 6.45) is 1.77. The van der Waals surface area contributed by atoms with E-state index in [0.717, 1.165) is 24.8 Å². The van der Waals surface area contributed by atoms with Crippen molar-refractivity contribution in [3.8, 4) is 0 Å². The van der Waals surface area contributed by atoms with E-state index < -0.39 is 10.0 Å². The summed E-state index contributed by atoms with van der Waals surface area (Å²) in [5.41, 5.74) is 1.24. The van der Waals surface area contributed by atoms with Crippen LogP contribution in [0.25, 0.3) is 0 Å². The van der Waals surface area contributed by atoms with Crippen molar-refractivity contribution in [3.63, 3.8) is 0 Å². The maximum Gasteiger partial charge on any atom is 0.233 e. The first-order valence-corrected chi connectivity index (χ1v) is 9.50. The molecule has 6 heteroatoms. The molecule has 1 aromatic carbocycles. The van der Waals surface area contributed by atoms with Gasteiger partial charge in [-0.1, -0.05) is 36.9 Å². The second-order valence-electron chi connectivity index (χ2n) is 6.36. The van der Waals surface area contributed by atoms with E-state index in [-0.39, 0.29) is 17.7 Å². The van der Waals surface area contributed by atoms with Crippen LogP contribution in [0.2, 0.25) is 0 Å². The van der Waals surface area contributed by atoms with Gasteiger partial charge in [0.2, 0.25) is 15.9 Å². The Bertz CT molecular complexity index is 687. The number of carbonyl (C=O) groups is 1. The second-order valence-corrected chi connectivity index (χ2v) is 8.07. The van der Waals surface area contributed by atoms with Gasteiger partial charge in [0.05, 0.1) is 0 Å². The van der Waals surface area contributed by atoms with Crippen LogP contribution < -0.4 is 4.72 Å². The number of benzene rings is 1. The Morgan fingerprint density at radius 1 is 1.35 bits per heavy atom. The van der Waals surface area contributed by atoms with Crippen LogP contribution in [0.15, 0.2) is 42.3 Å². The van der Waals surface area contributed by atoms with Crippen LogP contribution >= 0.6 is 0 Å². The number of amides is 1. The zero-order valence-corrected chi connectivity index (χ0v) is 13.8. The fourth-order valence-corrected chi connectivity index (χ4v) is 3.85. The van der Waals surface area contributed by atoms with Gasteiger partial charge in [0.15, 0.2) is 0 Å². The molecule has 3 rings (SSSR count). The number of likely N-dealkylation sites (tertiary alicyclic amines) is 1. The topological polar surface area (TPSA) is 66.5 Å². The largest absolute Gasteiger partial charge is 0.342 e. The number of sulfonamides is 1. The van der Waals surface area contributed by atoms with Gasteiger partial charge in [-0.2, -0.15) is 0 Å². The first kappa shape index (κ1) is 16.2. The van der Waals surface area contributed by atoms with E-state index in [1.165, 1.54) is 5.56 Å². The molecule has 0 radical (unpaired) electrons. The lowest BCUT2D eigenvalue weighted by molar-refractivity contribution is -0.131. The fourth-order valence-electron chi connectivity index (χ4n) is 3.26. The van der Waals surface area contributed by atoms with Crippen LogP contribution in [0.4, 0.5) is 0 Å². The van der Waals surface area contributed by atoms with Crippen LogP contribution in [-0.4, -0.2) is 38.9 Å². The van der Waals surface area contributed by atoms with E-state index in [1.807, 2.05) is 23.1 Å². The number of carbonyl (C=O) groups excluding carboxylic acids is 1. The Morgan fingerprint density at radius 2 is 2.09 bits per heavy atom. The molecule has 1 aliphatic carbocycles. The molecule has 5 nitrogen and oxygen atoms in total. The molecule has 0 aromatic heterocycles. The van der Waals surface area contributed by atoms with Crippen LogP contribution in [0.5, 0.6) is 0 Å². The highest BCUT2D eigenvalue weighted by molar-refractivity contribution is 7.92. The molecule has 1 saturated carbocycles. The van der Waals surface area contributed by atoms with Crippen LogP contribution in [-0.2, 0) is 14.8 Å². The molecular formula is C17H22N2O3S. The van der Waals surface area contributed by atoms with Crippen molar-refractivity contribution >= 4 is 15.9 Å². The van der Waals surface area contributed by atoms with E-state index >= 15 is 0 Å². The summed E-state index contributed by atoms with van der Waals surface area (Å²) in [7, 11) is -3.38. The Kier molecular flexibility index (Phi) is 4.55. The molecule has 1 aliphatic heterocycles. The van der Waals surface area contributed by atoms with Crippen LogP contribution in [0.1, 0.15) is 24.3 Å². The summed E-state index contributed by atoms with van der Waals surface area (Å²) in [5, 5.41) is 0.916. The molecule has 1 amide bonds. The van der Waals surface area contributed by atoms with Gasteiger partial charge in [-0.05, 0) is 30.2 Å². The number of nitrogens with one attached hydrogen (secondary N) is 1. The van der Waals surface area contributed by atoms with Crippen LogP contribution in [0, 0.1) is 11.8 Å². The smallest absolute Gasteiger partial charge is 0.233 e. The SMILES string of the molecule is C=CS(=O)(=O)NCC1CCN(C(=O)C2CC2c2ccccc2)C1. The van der Waals surface area contributed by atoms with Crippen molar-refractivity contribution in [1.29, 1.82) is 0 Å². The predicted octanol–water partition coefficient (Wildman–Crippen LogP) is 1.70. The zero-order chi connectivity index (χ0) is 16.4. The summed E-state index contributed by atoms with van der Waals surface area (Å²) < 4.78 is 25.3. The minimum absolute atomic E-state index is 0.0982. The number of nitrogens with zero attached hydrogens (tertiary/aromatic N) is 1. The Balaban J connectivity index is 1.50. The number of hydrogen-bond acceptors (Lipinski definition) is 3. The fraction of sp³-hybridized carbons (Fsp3) is 0.471. The van der Waals surface area contributed by atoms with Gasteiger partial charge in [-0.25, -0.2) is 13.1 Å². The van der Waals surface area contributed by atoms with Gasteiger partial charge < -0.3 is 4.90 Å². The zero-order valence-electron chi connectivity index (χ0n) is 13.0. The highest BCUT2D eigenvalue weighted by Gasteiger charge is 2.46. The quantitative estimate of drug-likeness (QED) is 0.861. The first-order chi connectivity index (χ1) is 11.0. The predicted molar refractivity (Wildman–Crippen MR) is 89.1 cm³/mol. The van der Waals surface area contributed by atoms with Crippen molar-refractivity contribution in [1.82, 2.24) is 9.62 Å². The Hall–Kier alpha value is -1.66. The van der Waals surface area contributed by atoms with E-state index in [9.17, 15) is 13.2 Å². The van der Waals surface area contributed by atoms with Gasteiger partial charge in [0.25, 0.3) is 0 Å². The number of rotatable bonds is 6. The molecule has 1 N–H and O–H groups in total. The van der Waals surface area contributed by atoms with Gasteiger partial charge in [-0.15, -0.1) is 0 Å². The number of hydrogen-bond donors (Lipinski definition) is 1. The van der Waals surface area contributed by atoms with Crippen molar-refractivity contribution in [2.24, 2.45) is 11.8 Å². The Morgan fingerprint density at radius 3 is 2.78 bits per heavy atom. The molecular weight excluding hydrogens is 312 g/mol. The molecule has 0 spiro atoms. The third-order valence-electron chi connectivity index (χ3n) is 4.73. The lowest BCUT2D eigenvalue weighted by Gasteiger charge is -2.17. The molecule has 1 heterocycles. The highest BCUT2D eigenvalue weighted by atomic mass is 32.2. The first-order valence-electron chi connectivity index (χ1n) is 7.96. The van der Waals surface area contributed by atoms with E-state index in [4.69, 9.17) is 0 Å². The molecule has 2 fully saturated rings. The minimum atomic E-state index is -3.38. The van der Waals surface area contributed by atoms with E-state index in [1.54, 1.807) is 0 Å². The van der Waals surface area contributed by atoms with Crippen molar-refractivity contribution in [2.45, 2.75) is 18.8 Å². The lowest BCUT2D eigenvalue weighted by Crippen LogP contribution is -2.33. The van der Waals surface area contributed by atoms with Gasteiger partial charge in [0, 0.05) is 31.0 Å². The minimum Gasteiger partial charge on any atom is -0.342 e. The monoisotopic (exact) mass is 334 g/mol. The third-order valence-corrected chi connectivity index (χ3v) is 5.73. The van der Waals surface area contributed by atoms with Gasteiger partial charge in [0.1, 0.15) is 0 Å². The average molecular weight is 334 g/mol. The molecule has 1 aromatic rings. The van der Waals surface area contributed by atoms with Crippen molar-refractivity contribution in [3.05, 3.63) is 47.9 Å². The Labute approximate surface area is 137 Å². The second kappa shape index (κ2) is 6.45. The molecule has 3 atom stereocenters. The maximum absolute atomic E-state index is 12.6. The third kappa shape index (κ3) is 3.82. The highest BCUT2D eigenvalue weighted by Crippen LogP contribution is 2.48. The van der Waals surface area contributed by atoms with Crippen molar-refractivity contribution in [2.75, 3.05) is 19.6 Å². The van der Waals surface area contributed by atoms with E-state index in [0.29, 0.717) is 19.0 Å². The molecule has 23 heavy (non-hydrogen) atoms. The van der Waals surface area contributed by atoms with Crippen molar-refractivity contribution < 1.29 is 13.2 Å². The lowest BCUT2D eigenvalue weighted by atomic mass is 10.1. The summed E-state index contributed by atoms with van der Waals surface area (Å²) in [4.78, 5) is 14.5. The molecule has 2 aliphatic rings. The summed E-state index contributed by atoms with van der Waals surface area (Å²) in [6, 6.07) is 10.2. The van der Waals surface area contributed by atoms with Crippen LogP contribution in [0.3, 0.4) is 0 Å². The molecule has 1 saturated heterocycles. The van der Waals surface area contributed by atoms with Gasteiger partial charge >= 0.3 is 0 Å². The average Bonchev–Trinajstić information content (AvgIpc) is 3.23. The summed E-state index contributed by atoms with van der Waals surface area (Å²) in [5.74, 6) is 0.846. The normalized spacial score (nSPS) is 27.0. The standard InChI is InChI=1S/C17H22N2O3S/c1-2-23(21,22)18-11-13-8-9-19(12-13)17(20)16-10-15(16)14-6-4-3-5-7-14/h2-7,13,15-16,18H,1,8-12H2. The molecule has 0 bridgehead atoms. The van der Waals surface area contributed by atoms with Gasteiger partial charge in [-0.3, -0.25) is 4.79 Å². The molecule has 124 valence electrons. The maximum atomic E-state index is 12.6.